The lowest BCUT2D eigenvalue weighted by atomic mass is 10.1. The maximum absolute atomic E-state index is 12.7. The molecule has 0 atom stereocenters. The number of rotatable bonds is 4. The topological polar surface area (TPSA) is 49.4 Å². The van der Waals surface area contributed by atoms with Gasteiger partial charge in [0.05, 0.1) is 5.56 Å². The van der Waals surface area contributed by atoms with Crippen LogP contribution in [0.25, 0.3) is 0 Å². The number of alkyl halides is 3. The molecule has 2 aromatic rings. The van der Waals surface area contributed by atoms with Crippen LogP contribution in [0, 0.1) is 6.92 Å². The van der Waals surface area contributed by atoms with Crippen molar-refractivity contribution in [3.8, 4) is 0 Å². The van der Waals surface area contributed by atoms with Gasteiger partial charge < -0.3 is 10.2 Å². The normalized spacial score (nSPS) is 11.2. The van der Waals surface area contributed by atoms with Gasteiger partial charge in [0.15, 0.2) is 0 Å². The highest BCUT2D eigenvalue weighted by atomic mass is 35.5. The zero-order chi connectivity index (χ0) is 19.5. The highest BCUT2D eigenvalue weighted by Gasteiger charge is 2.30. The fourth-order valence-corrected chi connectivity index (χ4v) is 2.63. The average molecular weight is 385 g/mol. The highest BCUT2D eigenvalue weighted by Crippen LogP contribution is 2.30. The Hall–Kier alpha value is -2.54. The third-order valence-electron chi connectivity index (χ3n) is 3.61. The molecule has 0 fully saturated rings. The number of hydrogen-bond donors (Lipinski definition) is 1. The van der Waals surface area contributed by atoms with Crippen molar-refractivity contribution >= 4 is 34.8 Å². The molecule has 1 N–H and O–H groups in total. The van der Waals surface area contributed by atoms with Crippen LogP contribution in [-0.2, 0) is 15.8 Å². The molecule has 0 saturated heterocycles. The van der Waals surface area contributed by atoms with Crippen LogP contribution in [0.3, 0.4) is 0 Å². The summed E-state index contributed by atoms with van der Waals surface area (Å²) in [7, 11) is 0. The number of carbonyl (C=O) groups excluding carboxylic acids is 2. The molecule has 0 aliphatic rings. The minimum Gasteiger partial charge on any atom is -0.325 e. The van der Waals surface area contributed by atoms with Crippen molar-refractivity contribution in [1.82, 2.24) is 0 Å². The van der Waals surface area contributed by atoms with E-state index in [0.717, 1.165) is 12.1 Å². The van der Waals surface area contributed by atoms with Crippen molar-refractivity contribution in [2.45, 2.75) is 20.0 Å². The number of anilines is 2. The van der Waals surface area contributed by atoms with E-state index in [-0.39, 0.29) is 18.1 Å². The standard InChI is InChI=1S/C18H16ClF3N2O2/c1-11-8-14(19)6-7-16(11)24(12(2)25)10-17(26)23-15-5-3-4-13(9-15)18(20,21)22/h3-9H,10H2,1-2H3,(H,23,26). The van der Waals surface area contributed by atoms with Crippen molar-refractivity contribution in [3.05, 3.63) is 58.6 Å². The Morgan fingerprint density at radius 3 is 2.42 bits per heavy atom. The van der Waals surface area contributed by atoms with Gasteiger partial charge in [-0.25, -0.2) is 0 Å². The van der Waals surface area contributed by atoms with E-state index < -0.39 is 17.6 Å². The second-order valence-corrected chi connectivity index (χ2v) is 6.10. The van der Waals surface area contributed by atoms with Crippen LogP contribution in [0.2, 0.25) is 5.02 Å². The fraction of sp³-hybridized carbons (Fsp3) is 0.222. The molecule has 0 spiro atoms. The number of nitrogens with zero attached hydrogens (tertiary/aromatic N) is 1. The summed E-state index contributed by atoms with van der Waals surface area (Å²) in [6.45, 7) is 2.70. The molecule has 8 heteroatoms. The quantitative estimate of drug-likeness (QED) is 0.833. The van der Waals surface area contributed by atoms with Gasteiger partial charge in [-0.3, -0.25) is 9.59 Å². The third kappa shape index (κ3) is 4.98. The van der Waals surface area contributed by atoms with E-state index >= 15 is 0 Å². The third-order valence-corrected chi connectivity index (χ3v) is 3.84. The van der Waals surface area contributed by atoms with Gasteiger partial charge in [-0.15, -0.1) is 0 Å². The summed E-state index contributed by atoms with van der Waals surface area (Å²) in [6, 6.07) is 9.14. The lowest BCUT2D eigenvalue weighted by Crippen LogP contribution is -2.37. The lowest BCUT2D eigenvalue weighted by molar-refractivity contribution is -0.137. The van der Waals surface area contributed by atoms with Gasteiger partial charge in [-0.1, -0.05) is 17.7 Å². The van der Waals surface area contributed by atoms with Crippen molar-refractivity contribution < 1.29 is 22.8 Å². The fourth-order valence-electron chi connectivity index (χ4n) is 2.41. The molecule has 0 unspecified atom stereocenters. The summed E-state index contributed by atoms with van der Waals surface area (Å²) in [5, 5.41) is 2.87. The molecule has 138 valence electrons. The number of carbonyl (C=O) groups is 2. The van der Waals surface area contributed by atoms with Crippen LogP contribution in [0.5, 0.6) is 0 Å². The Kier molecular flexibility index (Phi) is 5.92. The van der Waals surface area contributed by atoms with Crippen molar-refractivity contribution in [1.29, 1.82) is 0 Å². The first kappa shape index (κ1) is 19.8. The molecule has 2 aromatic carbocycles. The van der Waals surface area contributed by atoms with Gasteiger partial charge in [-0.2, -0.15) is 13.2 Å². The van der Waals surface area contributed by atoms with Crippen LogP contribution in [0.4, 0.5) is 24.5 Å². The maximum atomic E-state index is 12.7. The highest BCUT2D eigenvalue weighted by molar-refractivity contribution is 6.30. The number of hydrogen-bond acceptors (Lipinski definition) is 2. The number of amides is 2. The molecule has 0 aliphatic carbocycles. The molecule has 4 nitrogen and oxygen atoms in total. The monoisotopic (exact) mass is 384 g/mol. The molecule has 26 heavy (non-hydrogen) atoms. The van der Waals surface area contributed by atoms with Gasteiger partial charge >= 0.3 is 6.18 Å². The summed E-state index contributed by atoms with van der Waals surface area (Å²) in [5.74, 6) is -0.997. The summed E-state index contributed by atoms with van der Waals surface area (Å²) in [6.07, 6.45) is -4.51. The van der Waals surface area contributed by atoms with Crippen LogP contribution in [0.15, 0.2) is 42.5 Å². The van der Waals surface area contributed by atoms with Gasteiger partial charge in [0.1, 0.15) is 6.54 Å². The Morgan fingerprint density at radius 1 is 1.15 bits per heavy atom. The molecule has 2 amide bonds. The maximum Gasteiger partial charge on any atom is 0.416 e. The largest absolute Gasteiger partial charge is 0.416 e. The zero-order valence-electron chi connectivity index (χ0n) is 14.0. The minimum absolute atomic E-state index is 0.00107. The Labute approximate surface area is 153 Å². The van der Waals surface area contributed by atoms with Gasteiger partial charge in [-0.05, 0) is 48.9 Å². The lowest BCUT2D eigenvalue weighted by Gasteiger charge is -2.23. The van der Waals surface area contributed by atoms with Crippen LogP contribution in [-0.4, -0.2) is 18.4 Å². The number of halogens is 4. The van der Waals surface area contributed by atoms with E-state index in [1.165, 1.54) is 24.0 Å². The number of aryl methyl sites for hydroxylation is 1. The molecule has 0 radical (unpaired) electrons. The van der Waals surface area contributed by atoms with Gasteiger partial charge in [0.2, 0.25) is 11.8 Å². The average Bonchev–Trinajstić information content (AvgIpc) is 2.52. The summed E-state index contributed by atoms with van der Waals surface area (Å²) in [4.78, 5) is 25.4. The van der Waals surface area contributed by atoms with E-state index in [1.54, 1.807) is 25.1 Å². The molecule has 0 heterocycles. The molecule has 2 rings (SSSR count). The zero-order valence-corrected chi connectivity index (χ0v) is 14.8. The summed E-state index contributed by atoms with van der Waals surface area (Å²) < 4.78 is 38.2. The number of nitrogens with one attached hydrogen (secondary N) is 1. The molecule has 0 aromatic heterocycles. The molecular formula is C18H16ClF3N2O2. The van der Waals surface area contributed by atoms with Crippen LogP contribution < -0.4 is 10.2 Å². The SMILES string of the molecule is CC(=O)N(CC(=O)Nc1cccc(C(F)(F)F)c1)c1ccc(Cl)cc1C. The smallest absolute Gasteiger partial charge is 0.325 e. The Morgan fingerprint density at radius 2 is 1.85 bits per heavy atom. The Bertz CT molecular complexity index is 837. The van der Waals surface area contributed by atoms with Gasteiger partial charge in [0.25, 0.3) is 0 Å². The molecular weight excluding hydrogens is 369 g/mol. The van der Waals surface area contributed by atoms with Crippen molar-refractivity contribution in [2.75, 3.05) is 16.8 Å². The van der Waals surface area contributed by atoms with Crippen LogP contribution >= 0.6 is 11.6 Å². The molecule has 0 aliphatic heterocycles. The van der Waals surface area contributed by atoms with E-state index in [0.29, 0.717) is 16.3 Å². The first-order valence-electron chi connectivity index (χ1n) is 7.59. The van der Waals surface area contributed by atoms with E-state index in [4.69, 9.17) is 11.6 Å². The van der Waals surface area contributed by atoms with E-state index in [9.17, 15) is 22.8 Å². The van der Waals surface area contributed by atoms with E-state index in [2.05, 4.69) is 5.32 Å². The van der Waals surface area contributed by atoms with Crippen molar-refractivity contribution in [3.63, 3.8) is 0 Å². The van der Waals surface area contributed by atoms with Crippen LogP contribution in [0.1, 0.15) is 18.1 Å². The predicted molar refractivity (Wildman–Crippen MR) is 94.3 cm³/mol. The second-order valence-electron chi connectivity index (χ2n) is 5.66. The summed E-state index contributed by atoms with van der Waals surface area (Å²) in [5.41, 5.74) is 0.328. The first-order chi connectivity index (χ1) is 12.1. The summed E-state index contributed by atoms with van der Waals surface area (Å²) >= 11 is 5.89. The minimum atomic E-state index is -4.51. The second kappa shape index (κ2) is 7.78. The predicted octanol–water partition coefficient (Wildman–Crippen LogP) is 4.66. The molecule has 0 saturated carbocycles. The molecule has 0 bridgehead atoms. The van der Waals surface area contributed by atoms with Crippen molar-refractivity contribution in [2.24, 2.45) is 0 Å². The first-order valence-corrected chi connectivity index (χ1v) is 7.97. The Balaban J connectivity index is 2.17. The van der Waals surface area contributed by atoms with Gasteiger partial charge in [0, 0.05) is 23.3 Å². The number of benzene rings is 2. The van der Waals surface area contributed by atoms with E-state index in [1.807, 2.05) is 0 Å².